The number of aromatic amines is 1. The quantitative estimate of drug-likeness (QED) is 0.650. The smallest absolute Gasteiger partial charge is 0.320 e. The Hall–Kier alpha value is -1.88. The molecule has 80 valence electrons. The molecule has 5 nitrogen and oxygen atoms in total. The van der Waals surface area contributed by atoms with Crippen LogP contribution < -0.4 is 5.73 Å². The molecule has 15 heavy (non-hydrogen) atoms. The predicted octanol–water partition coefficient (Wildman–Crippen LogP) is 0.981. The third-order valence-electron chi connectivity index (χ3n) is 1.72. The normalized spacial score (nSPS) is 11.6. The van der Waals surface area contributed by atoms with Crippen LogP contribution in [-0.2, 0) is 4.79 Å². The van der Waals surface area contributed by atoms with Crippen LogP contribution in [0.4, 0.5) is 0 Å². The average molecular weight is 207 g/mol. The van der Waals surface area contributed by atoms with Crippen molar-refractivity contribution >= 4 is 17.0 Å². The minimum Gasteiger partial charge on any atom is -0.480 e. The zero-order valence-electron chi connectivity index (χ0n) is 8.34. The van der Waals surface area contributed by atoms with Gasteiger partial charge in [0.05, 0.1) is 17.4 Å². The molecule has 0 saturated heterocycles. The molecule has 1 heterocycles. The Morgan fingerprint density at radius 3 is 2.67 bits per heavy atom. The Labute approximate surface area is 86.9 Å². The fraction of sp³-hybridized carbons (Fsp3) is 0.200. The molecule has 2 rings (SSSR count). The summed E-state index contributed by atoms with van der Waals surface area (Å²) in [5.41, 5.74) is 6.96. The van der Waals surface area contributed by atoms with E-state index in [4.69, 9.17) is 10.8 Å². The largest absolute Gasteiger partial charge is 0.480 e. The van der Waals surface area contributed by atoms with Gasteiger partial charge >= 0.3 is 5.97 Å². The second-order valence-electron chi connectivity index (χ2n) is 3.05. The summed E-state index contributed by atoms with van der Waals surface area (Å²) in [5.74, 6) is -0.963. The van der Waals surface area contributed by atoms with Crippen LogP contribution >= 0.6 is 0 Å². The molecule has 0 fully saturated rings. The lowest BCUT2D eigenvalue weighted by Gasteiger charge is -1.90. The second kappa shape index (κ2) is 5.11. The number of fused-ring (bicyclic) bond motifs is 1. The van der Waals surface area contributed by atoms with E-state index < -0.39 is 12.0 Å². The maximum Gasteiger partial charge on any atom is 0.320 e. The van der Waals surface area contributed by atoms with Crippen LogP contribution in [0.2, 0.25) is 0 Å². The number of nitrogens with two attached hydrogens (primary N) is 1. The van der Waals surface area contributed by atoms with Gasteiger partial charge in [0.2, 0.25) is 0 Å². The molecule has 0 aliphatic carbocycles. The Morgan fingerprint density at radius 2 is 2.13 bits per heavy atom. The Morgan fingerprint density at radius 1 is 1.53 bits per heavy atom. The number of carboxylic acid groups (broad SMARTS) is 1. The molecule has 1 atom stereocenters. The second-order valence-corrected chi connectivity index (χ2v) is 3.05. The van der Waals surface area contributed by atoms with Crippen LogP contribution in [0.5, 0.6) is 0 Å². The lowest BCUT2D eigenvalue weighted by molar-refractivity contribution is -0.138. The predicted molar refractivity (Wildman–Crippen MR) is 57.4 cm³/mol. The van der Waals surface area contributed by atoms with Crippen molar-refractivity contribution < 1.29 is 9.90 Å². The van der Waals surface area contributed by atoms with E-state index in [1.807, 2.05) is 24.3 Å². The molecular formula is C10H13N3O2. The van der Waals surface area contributed by atoms with Gasteiger partial charge in [-0.1, -0.05) is 12.1 Å². The lowest BCUT2D eigenvalue weighted by Crippen LogP contribution is -2.25. The summed E-state index contributed by atoms with van der Waals surface area (Å²) in [7, 11) is 0. The van der Waals surface area contributed by atoms with E-state index in [1.165, 1.54) is 6.92 Å². The summed E-state index contributed by atoms with van der Waals surface area (Å²) in [6.07, 6.45) is 1.70. The summed E-state index contributed by atoms with van der Waals surface area (Å²) >= 11 is 0. The van der Waals surface area contributed by atoms with Gasteiger partial charge in [-0.2, -0.15) is 0 Å². The number of imidazole rings is 1. The number of carboxylic acids is 1. The number of aliphatic carboxylic acids is 1. The van der Waals surface area contributed by atoms with E-state index in [0.29, 0.717) is 0 Å². The Kier molecular flexibility index (Phi) is 3.82. The topological polar surface area (TPSA) is 92.0 Å². The van der Waals surface area contributed by atoms with Crippen LogP contribution in [0, 0.1) is 0 Å². The van der Waals surface area contributed by atoms with Crippen molar-refractivity contribution in [3.05, 3.63) is 30.6 Å². The minimum atomic E-state index is -0.963. The van der Waals surface area contributed by atoms with Crippen molar-refractivity contribution in [2.45, 2.75) is 13.0 Å². The fourth-order valence-electron chi connectivity index (χ4n) is 0.880. The first kappa shape index (κ1) is 11.2. The maximum atomic E-state index is 9.57. The van der Waals surface area contributed by atoms with Gasteiger partial charge in [-0.3, -0.25) is 4.79 Å². The zero-order valence-corrected chi connectivity index (χ0v) is 8.34. The van der Waals surface area contributed by atoms with Gasteiger partial charge in [-0.15, -0.1) is 0 Å². The molecule has 2 aromatic rings. The highest BCUT2D eigenvalue weighted by molar-refractivity contribution is 5.73. The SMILES string of the molecule is C[C@H](N)C(=O)O.c1ccc2[nH]cnc2c1. The molecule has 1 aromatic carbocycles. The third-order valence-corrected chi connectivity index (χ3v) is 1.72. The molecule has 4 N–H and O–H groups in total. The van der Waals surface area contributed by atoms with Crippen molar-refractivity contribution in [3.63, 3.8) is 0 Å². The Balaban J connectivity index is 0.000000167. The molecule has 1 aromatic heterocycles. The number of hydrogen-bond acceptors (Lipinski definition) is 3. The van der Waals surface area contributed by atoms with Crippen LogP contribution in [0.25, 0.3) is 11.0 Å². The first-order valence-corrected chi connectivity index (χ1v) is 4.47. The molecular weight excluding hydrogens is 194 g/mol. The van der Waals surface area contributed by atoms with Gasteiger partial charge in [0.15, 0.2) is 0 Å². The number of aromatic nitrogens is 2. The standard InChI is InChI=1S/C7H6N2.C3H7NO2/c1-2-4-7-6(3-1)8-5-9-7;1-2(4)3(5)6/h1-5H,(H,8,9);2H,4H2,1H3,(H,5,6)/t;2-/m.0/s1. The molecule has 0 bridgehead atoms. The van der Waals surface area contributed by atoms with Gasteiger partial charge in [-0.25, -0.2) is 4.98 Å². The van der Waals surface area contributed by atoms with E-state index in [9.17, 15) is 4.79 Å². The summed E-state index contributed by atoms with van der Waals surface area (Å²) < 4.78 is 0. The van der Waals surface area contributed by atoms with E-state index in [2.05, 4.69) is 9.97 Å². The summed E-state index contributed by atoms with van der Waals surface area (Å²) in [5, 5.41) is 7.87. The van der Waals surface area contributed by atoms with Crippen LogP contribution in [0.1, 0.15) is 6.92 Å². The molecule has 0 radical (unpaired) electrons. The summed E-state index contributed by atoms with van der Waals surface area (Å²) in [6, 6.07) is 7.21. The van der Waals surface area contributed by atoms with Gasteiger partial charge in [0, 0.05) is 0 Å². The van der Waals surface area contributed by atoms with Gasteiger partial charge in [0.1, 0.15) is 6.04 Å². The van der Waals surface area contributed by atoms with E-state index in [0.717, 1.165) is 11.0 Å². The van der Waals surface area contributed by atoms with Gasteiger partial charge < -0.3 is 15.8 Å². The van der Waals surface area contributed by atoms with E-state index >= 15 is 0 Å². The zero-order chi connectivity index (χ0) is 11.3. The first-order chi connectivity index (χ1) is 7.11. The monoisotopic (exact) mass is 207 g/mol. The van der Waals surface area contributed by atoms with Crippen molar-refractivity contribution in [2.24, 2.45) is 5.73 Å². The number of nitrogens with zero attached hydrogens (tertiary/aromatic N) is 1. The number of hydrogen-bond donors (Lipinski definition) is 3. The molecule has 0 aliphatic rings. The fourth-order valence-corrected chi connectivity index (χ4v) is 0.880. The van der Waals surface area contributed by atoms with Crippen molar-refractivity contribution in [3.8, 4) is 0 Å². The molecule has 0 unspecified atom stereocenters. The van der Waals surface area contributed by atoms with E-state index in [-0.39, 0.29) is 0 Å². The highest BCUT2D eigenvalue weighted by atomic mass is 16.4. The average Bonchev–Trinajstić information content (AvgIpc) is 2.66. The molecule has 0 amide bonds. The Bertz CT molecular complexity index is 407. The van der Waals surface area contributed by atoms with Crippen LogP contribution in [-0.4, -0.2) is 27.1 Å². The number of nitrogens with one attached hydrogen (secondary N) is 1. The molecule has 0 spiro atoms. The first-order valence-electron chi connectivity index (χ1n) is 4.47. The summed E-state index contributed by atoms with van der Waals surface area (Å²) in [6.45, 7) is 1.42. The van der Waals surface area contributed by atoms with Crippen molar-refractivity contribution in [2.75, 3.05) is 0 Å². The molecule has 0 aliphatic heterocycles. The highest BCUT2D eigenvalue weighted by Gasteiger charge is 1.99. The van der Waals surface area contributed by atoms with Gasteiger partial charge in [-0.05, 0) is 19.1 Å². The van der Waals surface area contributed by atoms with Gasteiger partial charge in [0.25, 0.3) is 0 Å². The molecule has 0 saturated carbocycles. The van der Waals surface area contributed by atoms with Crippen molar-refractivity contribution in [1.82, 2.24) is 9.97 Å². The lowest BCUT2D eigenvalue weighted by atomic mass is 10.3. The number of benzene rings is 1. The van der Waals surface area contributed by atoms with Crippen molar-refractivity contribution in [1.29, 1.82) is 0 Å². The number of rotatable bonds is 1. The highest BCUT2D eigenvalue weighted by Crippen LogP contribution is 2.05. The minimum absolute atomic E-state index is 0.731. The third kappa shape index (κ3) is 3.40. The maximum absolute atomic E-state index is 9.57. The van der Waals surface area contributed by atoms with E-state index in [1.54, 1.807) is 6.33 Å². The van der Waals surface area contributed by atoms with Crippen LogP contribution in [0.15, 0.2) is 30.6 Å². The number of para-hydroxylation sites is 2. The number of H-pyrrole nitrogens is 1. The number of carbonyl (C=O) groups is 1. The molecule has 5 heteroatoms. The van der Waals surface area contributed by atoms with Crippen LogP contribution in [0.3, 0.4) is 0 Å². The summed E-state index contributed by atoms with van der Waals surface area (Å²) in [4.78, 5) is 16.6.